The normalized spacial score (nSPS) is 19.1. The number of ether oxygens (including phenoxy) is 2. The van der Waals surface area contributed by atoms with Crippen LogP contribution in [0.25, 0.3) is 0 Å². The standard InChI is InChI=1S/C36H35ClN2O2/c1-4-40-34-20-26(19-32(37)36(34)41-22-25-11-8-23(2)9-12-25)21-38-28-15-13-27(14-16-28)35-30-7-5-6-29(30)31-18-24(3)10-17-33(31)39-35/h5-6,8-21,29-30,35,39H,4,7,22H2,1-3H3/t29-,30-,35-/m0/s1. The summed E-state index contributed by atoms with van der Waals surface area (Å²) in [5.41, 5.74) is 9.27. The van der Waals surface area contributed by atoms with Gasteiger partial charge in [-0.3, -0.25) is 4.99 Å². The van der Waals surface area contributed by atoms with E-state index in [1.165, 1.54) is 27.9 Å². The van der Waals surface area contributed by atoms with E-state index < -0.39 is 0 Å². The summed E-state index contributed by atoms with van der Waals surface area (Å²) in [6, 6.07) is 27.6. The highest BCUT2D eigenvalue weighted by Gasteiger charge is 2.37. The molecule has 4 aromatic carbocycles. The Kier molecular flexibility index (Phi) is 7.84. The molecule has 0 saturated heterocycles. The Morgan fingerprint density at radius 1 is 0.927 bits per heavy atom. The Morgan fingerprint density at radius 2 is 1.71 bits per heavy atom. The second kappa shape index (κ2) is 11.8. The van der Waals surface area contributed by atoms with Crippen LogP contribution >= 0.6 is 11.6 Å². The van der Waals surface area contributed by atoms with Crippen LogP contribution in [-0.2, 0) is 6.61 Å². The summed E-state index contributed by atoms with van der Waals surface area (Å²) < 4.78 is 12.0. The van der Waals surface area contributed by atoms with Crippen molar-refractivity contribution in [1.82, 2.24) is 0 Å². The van der Waals surface area contributed by atoms with Crippen molar-refractivity contribution in [1.29, 1.82) is 0 Å². The number of nitrogens with zero attached hydrogens (tertiary/aromatic N) is 1. The maximum Gasteiger partial charge on any atom is 0.180 e. The largest absolute Gasteiger partial charge is 0.490 e. The number of hydrogen-bond donors (Lipinski definition) is 1. The van der Waals surface area contributed by atoms with Gasteiger partial charge in [0.1, 0.15) is 6.61 Å². The second-order valence-electron chi connectivity index (χ2n) is 11.0. The lowest BCUT2D eigenvalue weighted by molar-refractivity contribution is 0.269. The minimum atomic E-state index is 0.267. The van der Waals surface area contributed by atoms with Crippen LogP contribution in [-0.4, -0.2) is 12.8 Å². The molecule has 4 nitrogen and oxygen atoms in total. The first-order valence-corrected chi connectivity index (χ1v) is 14.7. The van der Waals surface area contributed by atoms with Crippen LogP contribution in [0.3, 0.4) is 0 Å². The lowest BCUT2D eigenvalue weighted by atomic mass is 9.76. The third-order valence-electron chi connectivity index (χ3n) is 7.97. The predicted molar refractivity (Wildman–Crippen MR) is 169 cm³/mol. The minimum absolute atomic E-state index is 0.267. The highest BCUT2D eigenvalue weighted by molar-refractivity contribution is 6.32. The number of aryl methyl sites for hydroxylation is 2. The monoisotopic (exact) mass is 562 g/mol. The van der Waals surface area contributed by atoms with Crippen LogP contribution in [0.4, 0.5) is 11.4 Å². The van der Waals surface area contributed by atoms with Gasteiger partial charge in [0, 0.05) is 17.8 Å². The molecular weight excluding hydrogens is 528 g/mol. The van der Waals surface area contributed by atoms with Crippen molar-refractivity contribution >= 4 is 29.2 Å². The van der Waals surface area contributed by atoms with E-state index in [2.05, 4.69) is 98.0 Å². The van der Waals surface area contributed by atoms with Gasteiger partial charge >= 0.3 is 0 Å². The van der Waals surface area contributed by atoms with Crippen molar-refractivity contribution in [2.24, 2.45) is 10.9 Å². The fourth-order valence-electron chi connectivity index (χ4n) is 5.87. The van der Waals surface area contributed by atoms with Crippen molar-refractivity contribution in [2.75, 3.05) is 11.9 Å². The molecule has 0 bridgehead atoms. The fourth-order valence-corrected chi connectivity index (χ4v) is 6.14. The zero-order valence-electron chi connectivity index (χ0n) is 23.7. The number of halogens is 1. The molecule has 0 unspecified atom stereocenters. The smallest absolute Gasteiger partial charge is 0.180 e. The molecule has 1 N–H and O–H groups in total. The molecule has 1 aliphatic carbocycles. The number of allylic oxidation sites excluding steroid dienone is 2. The molecule has 2 aliphatic rings. The average molecular weight is 563 g/mol. The van der Waals surface area contributed by atoms with Crippen LogP contribution in [0.15, 0.2) is 96.0 Å². The highest BCUT2D eigenvalue weighted by atomic mass is 35.5. The van der Waals surface area contributed by atoms with Crippen LogP contribution in [0, 0.1) is 19.8 Å². The summed E-state index contributed by atoms with van der Waals surface area (Å²) in [6.45, 7) is 7.11. The fraction of sp³-hybridized carbons (Fsp3) is 0.250. The summed E-state index contributed by atoms with van der Waals surface area (Å²) in [4.78, 5) is 4.74. The number of benzene rings is 4. The first-order valence-electron chi connectivity index (χ1n) is 14.3. The summed E-state index contributed by atoms with van der Waals surface area (Å²) in [5.74, 6) is 2.14. The van der Waals surface area contributed by atoms with Crippen LogP contribution in [0.5, 0.6) is 11.5 Å². The van der Waals surface area contributed by atoms with Crippen molar-refractivity contribution in [2.45, 2.75) is 45.8 Å². The first kappa shape index (κ1) is 27.2. The number of fused-ring (bicyclic) bond motifs is 3. The Hall–Kier alpha value is -4.02. The highest BCUT2D eigenvalue weighted by Crippen LogP contribution is 2.50. The van der Waals surface area contributed by atoms with Gasteiger partial charge in [0.15, 0.2) is 11.5 Å². The minimum Gasteiger partial charge on any atom is -0.490 e. The topological polar surface area (TPSA) is 42.8 Å². The van der Waals surface area contributed by atoms with Gasteiger partial charge in [-0.2, -0.15) is 0 Å². The molecule has 0 fully saturated rings. The van der Waals surface area contributed by atoms with Crippen molar-refractivity contribution in [3.63, 3.8) is 0 Å². The van der Waals surface area contributed by atoms with Gasteiger partial charge < -0.3 is 14.8 Å². The Bertz CT molecular complexity index is 1590. The third kappa shape index (κ3) is 5.89. The Labute approximate surface area is 247 Å². The lowest BCUT2D eigenvalue weighted by Gasteiger charge is -2.37. The van der Waals surface area contributed by atoms with E-state index in [9.17, 15) is 0 Å². The molecule has 0 spiro atoms. The quantitative estimate of drug-likeness (QED) is 0.172. The number of anilines is 1. The summed E-state index contributed by atoms with van der Waals surface area (Å²) in [6.07, 6.45) is 7.63. The molecule has 1 heterocycles. The zero-order valence-corrected chi connectivity index (χ0v) is 24.5. The van der Waals surface area contributed by atoms with Crippen molar-refractivity contribution < 1.29 is 9.47 Å². The molecule has 3 atom stereocenters. The van der Waals surface area contributed by atoms with Gasteiger partial charge in [0.05, 0.1) is 23.4 Å². The number of rotatable bonds is 8. The zero-order chi connectivity index (χ0) is 28.3. The van der Waals surface area contributed by atoms with Gasteiger partial charge in [0.25, 0.3) is 0 Å². The molecule has 5 heteroatoms. The van der Waals surface area contributed by atoms with Gasteiger partial charge in [-0.1, -0.05) is 83.4 Å². The van der Waals surface area contributed by atoms with E-state index in [1.54, 1.807) is 0 Å². The van der Waals surface area contributed by atoms with E-state index >= 15 is 0 Å². The summed E-state index contributed by atoms with van der Waals surface area (Å²) >= 11 is 6.66. The van der Waals surface area contributed by atoms with E-state index in [0.29, 0.717) is 41.6 Å². The average Bonchev–Trinajstić information content (AvgIpc) is 3.47. The number of nitrogens with one attached hydrogen (secondary N) is 1. The van der Waals surface area contributed by atoms with Crippen LogP contribution < -0.4 is 14.8 Å². The maximum atomic E-state index is 6.66. The molecule has 208 valence electrons. The van der Waals surface area contributed by atoms with E-state index in [-0.39, 0.29) is 6.04 Å². The molecule has 0 saturated carbocycles. The maximum absolute atomic E-state index is 6.66. The molecule has 0 radical (unpaired) electrons. The molecule has 0 aromatic heterocycles. The Morgan fingerprint density at radius 3 is 2.49 bits per heavy atom. The van der Waals surface area contributed by atoms with Crippen LogP contribution in [0.1, 0.15) is 58.7 Å². The molecular formula is C36H35ClN2O2. The predicted octanol–water partition coefficient (Wildman–Crippen LogP) is 9.51. The number of hydrogen-bond acceptors (Lipinski definition) is 4. The van der Waals surface area contributed by atoms with E-state index in [1.807, 2.05) is 25.3 Å². The van der Waals surface area contributed by atoms with Crippen molar-refractivity contribution in [3.8, 4) is 11.5 Å². The van der Waals surface area contributed by atoms with Gasteiger partial charge in [0.2, 0.25) is 0 Å². The summed E-state index contributed by atoms with van der Waals surface area (Å²) in [7, 11) is 0. The van der Waals surface area contributed by atoms with Crippen molar-refractivity contribution in [3.05, 3.63) is 129 Å². The van der Waals surface area contributed by atoms with Gasteiger partial charge in [-0.15, -0.1) is 0 Å². The van der Waals surface area contributed by atoms with E-state index in [4.69, 9.17) is 26.1 Å². The Balaban J connectivity index is 1.17. The molecule has 1 aliphatic heterocycles. The molecule has 41 heavy (non-hydrogen) atoms. The van der Waals surface area contributed by atoms with Gasteiger partial charge in [-0.05, 0) is 85.7 Å². The molecule has 0 amide bonds. The van der Waals surface area contributed by atoms with E-state index in [0.717, 1.165) is 23.2 Å². The lowest BCUT2D eigenvalue weighted by Crippen LogP contribution is -2.29. The first-order chi connectivity index (χ1) is 20.0. The van der Waals surface area contributed by atoms with Crippen LogP contribution in [0.2, 0.25) is 5.02 Å². The SMILES string of the molecule is CCOc1cc(C=Nc2ccc([C@@H]3Nc4ccc(C)cc4[C@H]4C=CC[C@@H]43)cc2)cc(Cl)c1OCc1ccc(C)cc1. The number of aliphatic imine (C=N–C) groups is 1. The third-order valence-corrected chi connectivity index (χ3v) is 8.25. The molecule has 6 rings (SSSR count). The second-order valence-corrected chi connectivity index (χ2v) is 11.4. The van der Waals surface area contributed by atoms with Gasteiger partial charge in [-0.25, -0.2) is 0 Å². The molecule has 4 aromatic rings. The summed E-state index contributed by atoms with van der Waals surface area (Å²) in [5, 5.41) is 4.32.